The van der Waals surface area contributed by atoms with Crippen LogP contribution in [0.4, 0.5) is 15.9 Å². The Morgan fingerprint density at radius 3 is 2.79 bits per heavy atom. The lowest BCUT2D eigenvalue weighted by molar-refractivity contribution is -0.128. The number of aromatic nitrogens is 1. The standard InChI is InChI=1S/C28H33ClFN7O2/c1-7-22(38)35-10-11-36(16(2)13-35)28-19-12-20(29)23(24-21(30)8-9-32-27(24)31-4)26-25(19)37(17(3)33-28)18(15-39-26)14-34(5)6/h7-9,12,16,18H,1,3,10-11,13-15H2,2,4-6H3,(H,31,32). The molecule has 1 amide bonds. The van der Waals surface area contributed by atoms with E-state index in [-0.39, 0.29) is 23.6 Å². The first-order chi connectivity index (χ1) is 18.7. The van der Waals surface area contributed by atoms with E-state index < -0.39 is 5.82 Å². The van der Waals surface area contributed by atoms with E-state index in [1.165, 1.54) is 18.3 Å². The van der Waals surface area contributed by atoms with E-state index in [9.17, 15) is 4.79 Å². The van der Waals surface area contributed by atoms with Crippen molar-refractivity contribution in [2.24, 2.45) is 4.99 Å². The highest BCUT2D eigenvalue weighted by Gasteiger charge is 2.41. The number of rotatable bonds is 5. The van der Waals surface area contributed by atoms with Gasteiger partial charge in [0.15, 0.2) is 5.75 Å². The Labute approximate surface area is 233 Å². The average molecular weight is 554 g/mol. The molecule has 2 unspecified atom stereocenters. The number of piperazine rings is 1. The number of halogens is 2. The number of likely N-dealkylation sites (N-methyl/N-ethyl adjacent to an activating group) is 1. The van der Waals surface area contributed by atoms with Gasteiger partial charge in [-0.1, -0.05) is 24.8 Å². The lowest BCUT2D eigenvalue weighted by Crippen LogP contribution is -2.57. The van der Waals surface area contributed by atoms with Crippen molar-refractivity contribution < 1.29 is 13.9 Å². The van der Waals surface area contributed by atoms with Crippen LogP contribution in [0.25, 0.3) is 11.1 Å². The van der Waals surface area contributed by atoms with Crippen molar-refractivity contribution in [1.29, 1.82) is 0 Å². The normalized spacial score (nSPS) is 20.4. The zero-order valence-electron chi connectivity index (χ0n) is 22.7. The van der Waals surface area contributed by atoms with Gasteiger partial charge in [-0.25, -0.2) is 14.4 Å². The molecule has 1 aromatic carbocycles. The minimum atomic E-state index is -0.460. The molecule has 1 N–H and O–H groups in total. The van der Waals surface area contributed by atoms with E-state index in [2.05, 4.69) is 45.1 Å². The Balaban J connectivity index is 1.69. The van der Waals surface area contributed by atoms with Crippen LogP contribution in [-0.4, -0.2) is 97.4 Å². The third-order valence-electron chi connectivity index (χ3n) is 7.34. The van der Waals surface area contributed by atoms with Crippen LogP contribution in [0.3, 0.4) is 0 Å². The van der Waals surface area contributed by atoms with Gasteiger partial charge in [0.2, 0.25) is 5.91 Å². The number of hydrogen-bond donors (Lipinski definition) is 1. The lowest BCUT2D eigenvalue weighted by atomic mass is 9.95. The predicted octanol–water partition coefficient (Wildman–Crippen LogP) is 3.66. The number of nitrogens with one attached hydrogen (secondary N) is 1. The molecule has 206 valence electrons. The first kappa shape index (κ1) is 27.0. The van der Waals surface area contributed by atoms with Gasteiger partial charge in [0.05, 0.1) is 27.9 Å². The highest BCUT2D eigenvalue weighted by Crippen LogP contribution is 2.52. The number of amides is 1. The minimum absolute atomic E-state index is 0.0244. The Morgan fingerprint density at radius 2 is 2.13 bits per heavy atom. The number of hydrogen-bond acceptors (Lipinski definition) is 8. The third-order valence-corrected chi connectivity index (χ3v) is 7.63. The first-order valence-corrected chi connectivity index (χ1v) is 13.3. The molecule has 3 aliphatic rings. The molecule has 3 aliphatic heterocycles. The molecule has 2 aromatic rings. The van der Waals surface area contributed by atoms with E-state index in [0.29, 0.717) is 66.6 Å². The molecular weight excluding hydrogens is 521 g/mol. The highest BCUT2D eigenvalue weighted by molar-refractivity contribution is 6.35. The lowest BCUT2D eigenvalue weighted by Gasteiger charge is -2.47. The summed E-state index contributed by atoms with van der Waals surface area (Å²) >= 11 is 6.94. The molecule has 1 saturated heterocycles. The summed E-state index contributed by atoms with van der Waals surface area (Å²) in [4.78, 5) is 29.7. The molecule has 11 heteroatoms. The minimum Gasteiger partial charge on any atom is -0.488 e. The monoisotopic (exact) mass is 553 g/mol. The fourth-order valence-electron chi connectivity index (χ4n) is 5.65. The van der Waals surface area contributed by atoms with Crippen molar-refractivity contribution in [2.45, 2.75) is 19.0 Å². The number of benzene rings is 1. The van der Waals surface area contributed by atoms with Crippen molar-refractivity contribution in [2.75, 3.05) is 64.1 Å². The largest absolute Gasteiger partial charge is 0.488 e. The number of anilines is 2. The maximum atomic E-state index is 15.3. The molecule has 4 heterocycles. The molecule has 0 radical (unpaired) electrons. The van der Waals surface area contributed by atoms with Crippen molar-refractivity contribution in [3.63, 3.8) is 0 Å². The zero-order valence-corrected chi connectivity index (χ0v) is 23.4. The number of carbonyl (C=O) groups excluding carboxylic acids is 1. The van der Waals surface area contributed by atoms with Gasteiger partial charge in [-0.05, 0) is 39.2 Å². The number of nitrogens with zero attached hydrogens (tertiary/aromatic N) is 6. The van der Waals surface area contributed by atoms with Crippen LogP contribution in [-0.2, 0) is 4.79 Å². The molecule has 39 heavy (non-hydrogen) atoms. The van der Waals surface area contributed by atoms with Crippen LogP contribution in [0.5, 0.6) is 5.75 Å². The second-order valence-corrected chi connectivity index (χ2v) is 10.6. The molecule has 9 nitrogen and oxygen atoms in total. The third kappa shape index (κ3) is 4.61. The Hall–Kier alpha value is -3.63. The quantitative estimate of drug-likeness (QED) is 0.566. The molecule has 0 spiro atoms. The average Bonchev–Trinajstić information content (AvgIpc) is 2.90. The summed E-state index contributed by atoms with van der Waals surface area (Å²) in [5, 5.41) is 3.30. The number of amidine groups is 1. The summed E-state index contributed by atoms with van der Waals surface area (Å²) in [6, 6.07) is 3.05. The van der Waals surface area contributed by atoms with Crippen LogP contribution in [0.15, 0.2) is 48.4 Å². The highest BCUT2D eigenvalue weighted by atomic mass is 35.5. The number of aliphatic imine (C=N–C) groups is 1. The summed E-state index contributed by atoms with van der Waals surface area (Å²) in [6.07, 6.45) is 2.75. The van der Waals surface area contributed by atoms with E-state index in [0.717, 1.165) is 11.3 Å². The summed E-state index contributed by atoms with van der Waals surface area (Å²) in [5.41, 5.74) is 2.21. The molecule has 0 bridgehead atoms. The smallest absolute Gasteiger partial charge is 0.246 e. The summed E-state index contributed by atoms with van der Waals surface area (Å²) in [6.45, 7) is 12.7. The van der Waals surface area contributed by atoms with Gasteiger partial charge in [0, 0.05) is 51.0 Å². The summed E-state index contributed by atoms with van der Waals surface area (Å²) in [5.74, 6) is 1.55. The number of ether oxygens (including phenoxy) is 1. The Morgan fingerprint density at radius 1 is 1.36 bits per heavy atom. The van der Waals surface area contributed by atoms with Gasteiger partial charge in [-0.15, -0.1) is 0 Å². The summed E-state index contributed by atoms with van der Waals surface area (Å²) in [7, 11) is 5.69. The van der Waals surface area contributed by atoms with Crippen LogP contribution < -0.4 is 15.0 Å². The number of pyridine rings is 1. The Bertz CT molecular complexity index is 1380. The first-order valence-electron chi connectivity index (χ1n) is 12.9. The van der Waals surface area contributed by atoms with E-state index in [1.807, 2.05) is 20.2 Å². The maximum absolute atomic E-state index is 15.3. The van der Waals surface area contributed by atoms with Gasteiger partial charge >= 0.3 is 0 Å². The van der Waals surface area contributed by atoms with Crippen LogP contribution in [0.1, 0.15) is 12.5 Å². The fraction of sp³-hybridized carbons (Fsp3) is 0.393. The molecule has 0 aliphatic carbocycles. The van der Waals surface area contributed by atoms with E-state index in [4.69, 9.17) is 21.3 Å². The van der Waals surface area contributed by atoms with E-state index >= 15 is 4.39 Å². The topological polar surface area (TPSA) is 76.5 Å². The van der Waals surface area contributed by atoms with Crippen LogP contribution in [0.2, 0.25) is 5.02 Å². The SMILES string of the molecule is C=CC(=O)N1CCN(C2=NC(=C)N3c4c2cc(Cl)c(-c2c(F)ccnc2NC)c4OCC3CN(C)C)C(C)C1. The molecule has 5 rings (SSSR count). The number of carbonyl (C=O) groups is 1. The van der Waals surface area contributed by atoms with Gasteiger partial charge in [0.25, 0.3) is 0 Å². The van der Waals surface area contributed by atoms with Gasteiger partial charge in [0.1, 0.15) is 29.9 Å². The van der Waals surface area contributed by atoms with Crippen molar-refractivity contribution >= 4 is 34.8 Å². The second kappa shape index (κ2) is 10.5. The van der Waals surface area contributed by atoms with Crippen LogP contribution in [0, 0.1) is 5.82 Å². The Kier molecular flexibility index (Phi) is 7.26. The van der Waals surface area contributed by atoms with Gasteiger partial charge in [-0.2, -0.15) is 0 Å². The van der Waals surface area contributed by atoms with E-state index in [1.54, 1.807) is 11.9 Å². The van der Waals surface area contributed by atoms with Crippen molar-refractivity contribution in [3.8, 4) is 16.9 Å². The van der Waals surface area contributed by atoms with Gasteiger partial charge < -0.3 is 29.7 Å². The van der Waals surface area contributed by atoms with Gasteiger partial charge in [-0.3, -0.25) is 4.79 Å². The zero-order chi connectivity index (χ0) is 28.0. The molecule has 1 aromatic heterocycles. The molecule has 0 saturated carbocycles. The summed E-state index contributed by atoms with van der Waals surface area (Å²) < 4.78 is 21.8. The molecule has 1 fully saturated rings. The second-order valence-electron chi connectivity index (χ2n) is 10.2. The van der Waals surface area contributed by atoms with Crippen LogP contribution >= 0.6 is 11.6 Å². The fourth-order valence-corrected chi connectivity index (χ4v) is 5.94. The van der Waals surface area contributed by atoms with Crippen molar-refractivity contribution in [1.82, 2.24) is 19.7 Å². The van der Waals surface area contributed by atoms with Crippen molar-refractivity contribution in [3.05, 3.63) is 59.8 Å². The predicted molar refractivity (Wildman–Crippen MR) is 153 cm³/mol. The maximum Gasteiger partial charge on any atom is 0.246 e. The molecular formula is C28H33ClFN7O2. The molecule has 2 atom stereocenters.